The van der Waals surface area contributed by atoms with Gasteiger partial charge in [0.05, 0.1) is 0 Å². The fraction of sp³-hybridized carbons (Fsp3) is 0.545. The molecule has 0 radical (unpaired) electrons. The molecule has 7 heteroatoms. The van der Waals surface area contributed by atoms with Gasteiger partial charge in [0, 0.05) is 30.9 Å². The Morgan fingerprint density at radius 2 is 2.11 bits per heavy atom. The molecule has 0 unspecified atom stereocenters. The highest BCUT2D eigenvalue weighted by Gasteiger charge is 2.19. The molecular formula is C11H16N6O. The third kappa shape index (κ3) is 1.86. The number of H-pyrrole nitrogens is 1. The zero-order valence-electron chi connectivity index (χ0n) is 10.3. The smallest absolute Gasteiger partial charge is 0.274 e. The van der Waals surface area contributed by atoms with Gasteiger partial charge in [0.2, 0.25) is 5.95 Å². The number of hydrogen-bond acceptors (Lipinski definition) is 5. The minimum absolute atomic E-state index is 0.134. The number of aromatic amines is 1. The molecule has 0 saturated carbocycles. The predicted molar refractivity (Wildman–Crippen MR) is 67.8 cm³/mol. The summed E-state index contributed by atoms with van der Waals surface area (Å²) >= 11 is 0. The van der Waals surface area contributed by atoms with E-state index in [1.807, 2.05) is 0 Å². The van der Waals surface area contributed by atoms with Crippen LogP contribution in [0.5, 0.6) is 0 Å². The van der Waals surface area contributed by atoms with Crippen LogP contribution in [0.3, 0.4) is 0 Å². The van der Waals surface area contributed by atoms with Crippen molar-refractivity contribution >= 4 is 11.7 Å². The van der Waals surface area contributed by atoms with Gasteiger partial charge in [-0.1, -0.05) is 0 Å². The van der Waals surface area contributed by atoms with Crippen LogP contribution in [0.4, 0.5) is 5.95 Å². The molecule has 0 atom stereocenters. The van der Waals surface area contributed by atoms with Gasteiger partial charge in [0.25, 0.3) is 11.3 Å². The second kappa shape index (κ2) is 4.09. The van der Waals surface area contributed by atoms with Gasteiger partial charge in [-0.15, -0.1) is 0 Å². The molecule has 7 nitrogen and oxygen atoms in total. The Bertz CT molecular complexity index is 622. The van der Waals surface area contributed by atoms with Gasteiger partial charge in [-0.3, -0.25) is 9.89 Å². The highest BCUT2D eigenvalue weighted by molar-refractivity contribution is 5.39. The zero-order valence-corrected chi connectivity index (χ0v) is 10.3. The van der Waals surface area contributed by atoms with E-state index in [9.17, 15) is 4.79 Å². The first kappa shape index (κ1) is 11.2. The van der Waals surface area contributed by atoms with E-state index in [2.05, 4.69) is 20.0 Å². The lowest BCUT2D eigenvalue weighted by atomic mass is 10.1. The molecule has 3 N–H and O–H groups in total. The largest absolute Gasteiger partial charge is 0.341 e. The molecule has 1 aliphatic rings. The number of hydrogen-bond donors (Lipinski definition) is 2. The van der Waals surface area contributed by atoms with E-state index in [1.165, 1.54) is 10.6 Å². The van der Waals surface area contributed by atoms with Gasteiger partial charge in [-0.25, -0.2) is 4.98 Å². The number of nitrogens with two attached hydrogens (primary N) is 1. The van der Waals surface area contributed by atoms with Gasteiger partial charge >= 0.3 is 0 Å². The monoisotopic (exact) mass is 248 g/mol. The number of anilines is 1. The van der Waals surface area contributed by atoms with E-state index in [1.54, 1.807) is 6.92 Å². The average Bonchev–Trinajstić information content (AvgIpc) is 2.74. The maximum atomic E-state index is 11.8. The van der Waals surface area contributed by atoms with Crippen LogP contribution in [-0.2, 0) is 0 Å². The highest BCUT2D eigenvalue weighted by Crippen LogP contribution is 2.15. The highest BCUT2D eigenvalue weighted by atomic mass is 16.1. The van der Waals surface area contributed by atoms with Crippen molar-refractivity contribution in [1.82, 2.24) is 19.6 Å². The predicted octanol–water partition coefficient (Wildman–Crippen LogP) is -0.346. The zero-order chi connectivity index (χ0) is 12.7. The lowest BCUT2D eigenvalue weighted by molar-refractivity contribution is 0.495. The van der Waals surface area contributed by atoms with Crippen LogP contribution in [0, 0.1) is 6.92 Å². The van der Waals surface area contributed by atoms with Gasteiger partial charge in [-0.2, -0.15) is 9.50 Å². The molecule has 0 aromatic carbocycles. The Labute approximate surface area is 104 Å². The number of aromatic nitrogens is 4. The molecule has 96 valence electrons. The normalized spacial score (nSPS) is 17.6. The van der Waals surface area contributed by atoms with Crippen LogP contribution in [0.15, 0.2) is 10.9 Å². The lowest BCUT2D eigenvalue weighted by Crippen LogP contribution is -2.40. The maximum Gasteiger partial charge on any atom is 0.274 e. The summed E-state index contributed by atoms with van der Waals surface area (Å²) in [5.74, 6) is 1.11. The Morgan fingerprint density at radius 3 is 2.83 bits per heavy atom. The van der Waals surface area contributed by atoms with Crippen molar-refractivity contribution in [1.29, 1.82) is 0 Å². The van der Waals surface area contributed by atoms with Crippen molar-refractivity contribution < 1.29 is 0 Å². The summed E-state index contributed by atoms with van der Waals surface area (Å²) in [6, 6.07) is 1.76. The van der Waals surface area contributed by atoms with Gasteiger partial charge in [0.1, 0.15) is 0 Å². The van der Waals surface area contributed by atoms with E-state index in [4.69, 9.17) is 5.73 Å². The van der Waals surface area contributed by atoms with Crippen LogP contribution < -0.4 is 16.2 Å². The van der Waals surface area contributed by atoms with Crippen LogP contribution in [0.2, 0.25) is 0 Å². The first-order chi connectivity index (χ1) is 8.63. The fourth-order valence-electron chi connectivity index (χ4n) is 2.23. The van der Waals surface area contributed by atoms with Crippen molar-refractivity contribution in [3.05, 3.63) is 22.1 Å². The third-order valence-corrected chi connectivity index (χ3v) is 3.29. The molecule has 1 fully saturated rings. The van der Waals surface area contributed by atoms with E-state index in [0.717, 1.165) is 25.9 Å². The minimum Gasteiger partial charge on any atom is -0.341 e. The summed E-state index contributed by atoms with van der Waals surface area (Å²) < 4.78 is 1.37. The number of nitrogens with one attached hydrogen (secondary N) is 1. The summed E-state index contributed by atoms with van der Waals surface area (Å²) in [6.45, 7) is 3.50. The fourth-order valence-corrected chi connectivity index (χ4v) is 2.23. The summed E-state index contributed by atoms with van der Waals surface area (Å²) in [5, 5.41) is 2.99. The molecule has 0 bridgehead atoms. The van der Waals surface area contributed by atoms with Gasteiger partial charge < -0.3 is 10.6 Å². The molecule has 0 aliphatic carbocycles. The molecule has 3 heterocycles. The third-order valence-electron chi connectivity index (χ3n) is 3.29. The first-order valence-electron chi connectivity index (χ1n) is 6.10. The quantitative estimate of drug-likeness (QED) is 0.720. The maximum absolute atomic E-state index is 11.8. The van der Waals surface area contributed by atoms with Gasteiger partial charge in [0.15, 0.2) is 0 Å². The summed E-state index contributed by atoms with van der Waals surface area (Å²) in [4.78, 5) is 22.5. The Balaban J connectivity index is 1.98. The molecule has 1 aliphatic heterocycles. The number of fused-ring (bicyclic) bond motifs is 1. The number of rotatable bonds is 1. The van der Waals surface area contributed by atoms with Crippen LogP contribution >= 0.6 is 0 Å². The standard InChI is InChI=1S/C11H16N6O/c1-7-6-9(18)17-10(13-7)14-11(15-17)16-4-2-8(12)3-5-16/h6,8H,2-5,12H2,1H3,(H,13,14,15). The summed E-state index contributed by atoms with van der Waals surface area (Å²) in [6.07, 6.45) is 1.89. The minimum atomic E-state index is -0.134. The first-order valence-corrected chi connectivity index (χ1v) is 6.10. The molecule has 2 aromatic heterocycles. The Morgan fingerprint density at radius 1 is 1.39 bits per heavy atom. The van der Waals surface area contributed by atoms with Crippen molar-refractivity contribution in [2.75, 3.05) is 18.0 Å². The molecule has 3 rings (SSSR count). The van der Waals surface area contributed by atoms with E-state index >= 15 is 0 Å². The summed E-state index contributed by atoms with van der Waals surface area (Å²) in [7, 11) is 0. The number of piperidine rings is 1. The van der Waals surface area contributed by atoms with E-state index < -0.39 is 0 Å². The molecule has 18 heavy (non-hydrogen) atoms. The van der Waals surface area contributed by atoms with Crippen LogP contribution in [0.25, 0.3) is 5.78 Å². The summed E-state index contributed by atoms with van der Waals surface area (Å²) in [5.41, 5.74) is 6.41. The number of aryl methyl sites for hydroxylation is 1. The lowest BCUT2D eigenvalue weighted by Gasteiger charge is -2.29. The van der Waals surface area contributed by atoms with Gasteiger partial charge in [-0.05, 0) is 19.8 Å². The molecule has 1 saturated heterocycles. The topological polar surface area (TPSA) is 92.3 Å². The Hall–Kier alpha value is -1.89. The molecular weight excluding hydrogens is 232 g/mol. The van der Waals surface area contributed by atoms with Crippen LogP contribution in [0.1, 0.15) is 18.5 Å². The van der Waals surface area contributed by atoms with Crippen molar-refractivity contribution in [2.24, 2.45) is 5.73 Å². The average molecular weight is 248 g/mol. The number of nitrogens with zero attached hydrogens (tertiary/aromatic N) is 4. The molecule has 2 aromatic rings. The second-order valence-corrected chi connectivity index (χ2v) is 4.74. The Kier molecular flexibility index (Phi) is 2.55. The van der Waals surface area contributed by atoms with Crippen molar-refractivity contribution in [3.8, 4) is 0 Å². The second-order valence-electron chi connectivity index (χ2n) is 4.74. The van der Waals surface area contributed by atoms with E-state index in [-0.39, 0.29) is 11.6 Å². The van der Waals surface area contributed by atoms with Crippen molar-refractivity contribution in [2.45, 2.75) is 25.8 Å². The van der Waals surface area contributed by atoms with E-state index in [0.29, 0.717) is 17.4 Å². The van der Waals surface area contributed by atoms with Crippen molar-refractivity contribution in [3.63, 3.8) is 0 Å². The molecule has 0 spiro atoms. The SMILES string of the molecule is Cc1cc(=O)n2[nH]c(N3CCC(N)CC3)nc2n1. The molecule has 0 amide bonds. The van der Waals surface area contributed by atoms with Crippen LogP contribution in [-0.4, -0.2) is 38.7 Å².